The molecule has 0 spiro atoms. The molecule has 2 aromatic rings. The second-order valence-electron chi connectivity index (χ2n) is 6.25. The number of halogens is 1. The molecule has 1 saturated heterocycles. The number of rotatable bonds is 5. The molecule has 1 amide bonds. The highest BCUT2D eigenvalue weighted by molar-refractivity contribution is 5.76. The van der Waals surface area contributed by atoms with Crippen molar-refractivity contribution in [3.63, 3.8) is 0 Å². The van der Waals surface area contributed by atoms with E-state index in [1.165, 1.54) is 12.1 Å². The lowest BCUT2D eigenvalue weighted by Gasteiger charge is -2.31. The predicted molar refractivity (Wildman–Crippen MR) is 87.8 cm³/mol. The molecule has 0 radical (unpaired) electrons. The van der Waals surface area contributed by atoms with Crippen molar-refractivity contribution in [1.29, 1.82) is 0 Å². The monoisotopic (exact) mass is 331 g/mol. The minimum absolute atomic E-state index is 0.0750. The largest absolute Gasteiger partial charge is 0.342 e. The Labute approximate surface area is 140 Å². The highest BCUT2D eigenvalue weighted by Gasteiger charge is 2.28. The zero-order valence-electron chi connectivity index (χ0n) is 13.9. The van der Waals surface area contributed by atoms with E-state index in [0.717, 1.165) is 37.8 Å². The molecule has 0 unspecified atom stereocenters. The molecule has 1 aliphatic heterocycles. The van der Waals surface area contributed by atoms with Crippen LogP contribution in [0, 0.1) is 5.82 Å². The molecule has 128 valence electrons. The Morgan fingerprint density at radius 3 is 2.92 bits per heavy atom. The third-order valence-corrected chi connectivity index (χ3v) is 4.41. The van der Waals surface area contributed by atoms with Crippen LogP contribution in [0.15, 0.2) is 28.8 Å². The van der Waals surface area contributed by atoms with Gasteiger partial charge in [0.25, 0.3) is 0 Å². The van der Waals surface area contributed by atoms with Gasteiger partial charge in [0.15, 0.2) is 0 Å². The summed E-state index contributed by atoms with van der Waals surface area (Å²) < 4.78 is 18.4. The molecule has 0 aliphatic carbocycles. The number of benzene rings is 1. The quantitative estimate of drug-likeness (QED) is 0.837. The molecule has 24 heavy (non-hydrogen) atoms. The molecule has 0 saturated carbocycles. The minimum atomic E-state index is -0.295. The van der Waals surface area contributed by atoms with E-state index in [9.17, 15) is 9.18 Å². The predicted octanol–water partition coefficient (Wildman–Crippen LogP) is 3.77. The van der Waals surface area contributed by atoms with E-state index in [-0.39, 0.29) is 17.6 Å². The number of unbranched alkanes of at least 4 members (excludes halogenated alkanes) is 1. The molecule has 0 N–H and O–H groups in total. The number of likely N-dealkylation sites (tertiary alicyclic amines) is 1. The van der Waals surface area contributed by atoms with Crippen molar-refractivity contribution < 1.29 is 13.7 Å². The average Bonchev–Trinajstić information content (AvgIpc) is 3.10. The Morgan fingerprint density at radius 1 is 1.38 bits per heavy atom. The van der Waals surface area contributed by atoms with Crippen LogP contribution in [0.2, 0.25) is 0 Å². The van der Waals surface area contributed by atoms with Crippen molar-refractivity contribution in [1.82, 2.24) is 15.0 Å². The van der Waals surface area contributed by atoms with E-state index in [2.05, 4.69) is 17.1 Å². The molecule has 1 fully saturated rings. The van der Waals surface area contributed by atoms with Crippen LogP contribution in [0.4, 0.5) is 4.39 Å². The fourth-order valence-corrected chi connectivity index (χ4v) is 3.01. The van der Waals surface area contributed by atoms with E-state index < -0.39 is 0 Å². The van der Waals surface area contributed by atoms with Gasteiger partial charge in [-0.2, -0.15) is 4.98 Å². The molecule has 1 aromatic carbocycles. The number of aromatic nitrogens is 2. The van der Waals surface area contributed by atoms with Gasteiger partial charge in [-0.15, -0.1) is 0 Å². The number of nitrogens with zero attached hydrogens (tertiary/aromatic N) is 3. The van der Waals surface area contributed by atoms with Gasteiger partial charge >= 0.3 is 0 Å². The molecule has 0 bridgehead atoms. The maximum Gasteiger partial charge on any atom is 0.231 e. The van der Waals surface area contributed by atoms with Gasteiger partial charge in [-0.05, 0) is 43.5 Å². The first-order valence-corrected chi connectivity index (χ1v) is 8.54. The van der Waals surface area contributed by atoms with Gasteiger partial charge in [0.1, 0.15) is 5.82 Å². The van der Waals surface area contributed by atoms with E-state index >= 15 is 0 Å². The van der Waals surface area contributed by atoms with Gasteiger partial charge in [-0.3, -0.25) is 4.79 Å². The lowest BCUT2D eigenvalue weighted by Crippen LogP contribution is -2.39. The Hall–Kier alpha value is -2.24. The van der Waals surface area contributed by atoms with Crippen molar-refractivity contribution in [2.24, 2.45) is 0 Å². The van der Waals surface area contributed by atoms with Crippen molar-refractivity contribution in [2.75, 3.05) is 13.1 Å². The Morgan fingerprint density at radius 2 is 2.17 bits per heavy atom. The van der Waals surface area contributed by atoms with E-state index in [1.807, 2.05) is 4.90 Å². The highest BCUT2D eigenvalue weighted by Crippen LogP contribution is 2.28. The molecule has 1 aromatic heterocycles. The van der Waals surface area contributed by atoms with E-state index in [1.54, 1.807) is 12.1 Å². The van der Waals surface area contributed by atoms with Gasteiger partial charge in [0, 0.05) is 25.1 Å². The van der Waals surface area contributed by atoms with Gasteiger partial charge in [0.05, 0.1) is 5.92 Å². The first-order chi connectivity index (χ1) is 11.7. The van der Waals surface area contributed by atoms with E-state index in [4.69, 9.17) is 4.52 Å². The Balaban J connectivity index is 1.68. The molecular formula is C18H22FN3O2. The van der Waals surface area contributed by atoms with Crippen molar-refractivity contribution in [2.45, 2.75) is 44.9 Å². The summed E-state index contributed by atoms with van der Waals surface area (Å²) in [6.07, 6.45) is 4.43. The zero-order chi connectivity index (χ0) is 16.9. The zero-order valence-corrected chi connectivity index (χ0v) is 13.9. The summed E-state index contributed by atoms with van der Waals surface area (Å²) in [5, 5.41) is 4.00. The van der Waals surface area contributed by atoms with Gasteiger partial charge in [-0.1, -0.05) is 18.5 Å². The van der Waals surface area contributed by atoms with Crippen LogP contribution < -0.4 is 0 Å². The van der Waals surface area contributed by atoms with Crippen molar-refractivity contribution in [3.8, 4) is 11.4 Å². The van der Waals surface area contributed by atoms with E-state index in [0.29, 0.717) is 24.7 Å². The van der Waals surface area contributed by atoms with Crippen LogP contribution in [0.3, 0.4) is 0 Å². The molecule has 6 heteroatoms. The lowest BCUT2D eigenvalue weighted by molar-refractivity contribution is -0.132. The highest BCUT2D eigenvalue weighted by atomic mass is 19.1. The SMILES string of the molecule is CCCCC(=O)N1CCC[C@H](c2nc(-c3ccc(F)cc3)no2)C1. The summed E-state index contributed by atoms with van der Waals surface area (Å²) in [4.78, 5) is 18.6. The standard InChI is InChI=1S/C18H22FN3O2/c1-2-3-6-16(23)22-11-4-5-14(12-22)18-20-17(21-24-18)13-7-9-15(19)10-8-13/h7-10,14H,2-6,11-12H2,1H3/t14-/m0/s1. The van der Waals surface area contributed by atoms with Gasteiger partial charge in [-0.25, -0.2) is 4.39 Å². The third-order valence-electron chi connectivity index (χ3n) is 4.41. The molecule has 1 atom stereocenters. The molecule has 3 rings (SSSR count). The first-order valence-electron chi connectivity index (χ1n) is 8.54. The smallest absolute Gasteiger partial charge is 0.231 e. The number of carbonyl (C=O) groups is 1. The van der Waals surface area contributed by atoms with Crippen LogP contribution in [0.1, 0.15) is 50.8 Å². The second-order valence-corrected chi connectivity index (χ2v) is 6.25. The number of carbonyl (C=O) groups excluding carboxylic acids is 1. The number of hydrogen-bond donors (Lipinski definition) is 0. The summed E-state index contributed by atoms with van der Waals surface area (Å²) in [7, 11) is 0. The van der Waals surface area contributed by atoms with Crippen LogP contribution in [-0.2, 0) is 4.79 Å². The minimum Gasteiger partial charge on any atom is -0.342 e. The molecule has 5 nitrogen and oxygen atoms in total. The Kier molecular flexibility index (Phi) is 5.23. The summed E-state index contributed by atoms with van der Waals surface area (Å²) in [5.41, 5.74) is 0.720. The topological polar surface area (TPSA) is 59.2 Å². The second kappa shape index (κ2) is 7.55. The number of hydrogen-bond acceptors (Lipinski definition) is 4. The Bertz CT molecular complexity index is 684. The van der Waals surface area contributed by atoms with Crippen LogP contribution >= 0.6 is 0 Å². The summed E-state index contributed by atoms with van der Waals surface area (Å²) in [5.74, 6) is 1.00. The van der Waals surface area contributed by atoms with Gasteiger partial charge < -0.3 is 9.42 Å². The van der Waals surface area contributed by atoms with Crippen LogP contribution in [-0.4, -0.2) is 34.0 Å². The van der Waals surface area contributed by atoms with Crippen LogP contribution in [0.25, 0.3) is 11.4 Å². The maximum atomic E-state index is 13.0. The molecular weight excluding hydrogens is 309 g/mol. The summed E-state index contributed by atoms with van der Waals surface area (Å²) in [6.45, 7) is 3.52. The fraction of sp³-hybridized carbons (Fsp3) is 0.500. The maximum absolute atomic E-state index is 13.0. The summed E-state index contributed by atoms with van der Waals surface area (Å²) in [6, 6.07) is 6.01. The third kappa shape index (κ3) is 3.80. The fourth-order valence-electron chi connectivity index (χ4n) is 3.01. The number of amides is 1. The average molecular weight is 331 g/mol. The first kappa shape index (κ1) is 16.6. The van der Waals surface area contributed by atoms with Crippen LogP contribution in [0.5, 0.6) is 0 Å². The van der Waals surface area contributed by atoms with Crippen molar-refractivity contribution >= 4 is 5.91 Å². The normalized spacial score (nSPS) is 17.9. The van der Waals surface area contributed by atoms with Crippen molar-refractivity contribution in [3.05, 3.63) is 36.0 Å². The molecule has 2 heterocycles. The van der Waals surface area contributed by atoms with Gasteiger partial charge in [0.2, 0.25) is 17.6 Å². The summed E-state index contributed by atoms with van der Waals surface area (Å²) >= 11 is 0. The number of piperidine rings is 1. The lowest BCUT2D eigenvalue weighted by atomic mass is 9.97. The molecule has 1 aliphatic rings.